The molecule has 1 aliphatic rings. The zero-order valence-corrected chi connectivity index (χ0v) is 11.3. The van der Waals surface area contributed by atoms with E-state index in [9.17, 15) is 9.18 Å². The maximum Gasteiger partial charge on any atom is 0.220 e. The molecule has 1 fully saturated rings. The topological polar surface area (TPSA) is 41.1 Å². The van der Waals surface area contributed by atoms with Crippen molar-refractivity contribution in [3.63, 3.8) is 0 Å². The van der Waals surface area contributed by atoms with E-state index in [2.05, 4.69) is 10.6 Å². The van der Waals surface area contributed by atoms with Gasteiger partial charge in [0, 0.05) is 6.42 Å². The van der Waals surface area contributed by atoms with Gasteiger partial charge in [-0.3, -0.25) is 4.79 Å². The molecule has 1 aliphatic heterocycles. The highest BCUT2D eigenvalue weighted by molar-refractivity contribution is 5.76. The number of halogens is 1. The van der Waals surface area contributed by atoms with E-state index in [4.69, 9.17) is 0 Å². The molecule has 0 bridgehead atoms. The van der Waals surface area contributed by atoms with Gasteiger partial charge in [-0.05, 0) is 56.5 Å². The number of nitrogens with one attached hydrogen (secondary N) is 2. The van der Waals surface area contributed by atoms with Crippen LogP contribution >= 0.6 is 0 Å². The molecule has 2 N–H and O–H groups in total. The Balaban J connectivity index is 1.84. The van der Waals surface area contributed by atoms with Crippen molar-refractivity contribution in [2.24, 2.45) is 5.92 Å². The van der Waals surface area contributed by atoms with Gasteiger partial charge in [0.15, 0.2) is 0 Å². The first-order valence-electron chi connectivity index (χ1n) is 6.90. The molecule has 104 valence electrons. The van der Waals surface area contributed by atoms with Gasteiger partial charge < -0.3 is 10.6 Å². The standard InChI is InChI=1S/C15H21FN2O/c1-11(13-5-2-6-14(16)9-13)18-15(19)8-12-4-3-7-17-10-12/h2,5-6,9,11-12,17H,3-4,7-8,10H2,1H3,(H,18,19). The molecule has 19 heavy (non-hydrogen) atoms. The van der Waals surface area contributed by atoms with Crippen molar-refractivity contribution in [2.75, 3.05) is 13.1 Å². The molecule has 1 saturated heterocycles. The molecule has 0 aliphatic carbocycles. The average Bonchev–Trinajstić information content (AvgIpc) is 2.39. The zero-order chi connectivity index (χ0) is 13.7. The molecule has 2 rings (SSSR count). The third-order valence-electron chi connectivity index (χ3n) is 3.60. The lowest BCUT2D eigenvalue weighted by atomic mass is 9.95. The van der Waals surface area contributed by atoms with Gasteiger partial charge in [0.1, 0.15) is 5.82 Å². The van der Waals surface area contributed by atoms with Crippen LogP contribution in [0.15, 0.2) is 24.3 Å². The summed E-state index contributed by atoms with van der Waals surface area (Å²) in [6.45, 7) is 3.85. The van der Waals surface area contributed by atoms with E-state index in [1.807, 2.05) is 13.0 Å². The van der Waals surface area contributed by atoms with Crippen LogP contribution in [0.4, 0.5) is 4.39 Å². The van der Waals surface area contributed by atoms with E-state index in [1.54, 1.807) is 6.07 Å². The van der Waals surface area contributed by atoms with Gasteiger partial charge in [0.05, 0.1) is 6.04 Å². The molecule has 3 nitrogen and oxygen atoms in total. The number of hydrogen-bond donors (Lipinski definition) is 2. The van der Waals surface area contributed by atoms with Crippen LogP contribution in [-0.2, 0) is 4.79 Å². The molecular weight excluding hydrogens is 243 g/mol. The van der Waals surface area contributed by atoms with Crippen LogP contribution in [0.1, 0.15) is 37.8 Å². The molecule has 1 amide bonds. The molecule has 0 aromatic heterocycles. The maximum absolute atomic E-state index is 13.1. The fourth-order valence-electron chi connectivity index (χ4n) is 2.52. The van der Waals surface area contributed by atoms with Crippen LogP contribution in [0, 0.1) is 11.7 Å². The highest BCUT2D eigenvalue weighted by Crippen LogP contribution is 2.17. The lowest BCUT2D eigenvalue weighted by Gasteiger charge is -2.23. The van der Waals surface area contributed by atoms with Crippen molar-refractivity contribution in [2.45, 2.75) is 32.2 Å². The normalized spacial score (nSPS) is 20.8. The quantitative estimate of drug-likeness (QED) is 0.876. The smallest absolute Gasteiger partial charge is 0.220 e. The number of amides is 1. The lowest BCUT2D eigenvalue weighted by Crippen LogP contribution is -2.35. The van der Waals surface area contributed by atoms with E-state index in [1.165, 1.54) is 12.1 Å². The Kier molecular flexibility index (Phi) is 4.91. The van der Waals surface area contributed by atoms with E-state index in [-0.39, 0.29) is 17.8 Å². The van der Waals surface area contributed by atoms with Crippen LogP contribution < -0.4 is 10.6 Å². The zero-order valence-electron chi connectivity index (χ0n) is 11.3. The number of carbonyl (C=O) groups excluding carboxylic acids is 1. The Hall–Kier alpha value is -1.42. The molecule has 1 aromatic carbocycles. The summed E-state index contributed by atoms with van der Waals surface area (Å²) in [5.74, 6) is 0.203. The van der Waals surface area contributed by atoms with Crippen LogP contribution in [0.3, 0.4) is 0 Å². The Bertz CT molecular complexity index is 430. The highest BCUT2D eigenvalue weighted by Gasteiger charge is 2.18. The molecule has 0 radical (unpaired) electrons. The predicted octanol–water partition coefficient (Wildman–Crippen LogP) is 2.39. The van der Waals surface area contributed by atoms with E-state index < -0.39 is 0 Å². The monoisotopic (exact) mass is 264 g/mol. The Morgan fingerprint density at radius 3 is 3.11 bits per heavy atom. The summed E-state index contributed by atoms with van der Waals surface area (Å²) in [6, 6.07) is 6.22. The summed E-state index contributed by atoms with van der Waals surface area (Å²) in [6.07, 6.45) is 2.79. The Morgan fingerprint density at radius 1 is 1.58 bits per heavy atom. The van der Waals surface area contributed by atoms with E-state index in [0.29, 0.717) is 12.3 Å². The molecular formula is C15H21FN2O. The first kappa shape index (κ1) is 14.0. The molecule has 1 heterocycles. The second-order valence-corrected chi connectivity index (χ2v) is 5.26. The van der Waals surface area contributed by atoms with Crippen molar-refractivity contribution in [3.05, 3.63) is 35.6 Å². The first-order chi connectivity index (χ1) is 9.15. The maximum atomic E-state index is 13.1. The molecule has 2 atom stereocenters. The Morgan fingerprint density at radius 2 is 2.42 bits per heavy atom. The van der Waals surface area contributed by atoms with E-state index in [0.717, 1.165) is 31.5 Å². The lowest BCUT2D eigenvalue weighted by molar-refractivity contribution is -0.122. The fraction of sp³-hybridized carbons (Fsp3) is 0.533. The minimum Gasteiger partial charge on any atom is -0.350 e. The molecule has 0 saturated carbocycles. The van der Waals surface area contributed by atoms with Gasteiger partial charge in [-0.15, -0.1) is 0 Å². The minimum atomic E-state index is -0.268. The predicted molar refractivity (Wildman–Crippen MR) is 73.2 cm³/mol. The van der Waals surface area contributed by atoms with E-state index >= 15 is 0 Å². The number of rotatable bonds is 4. The Labute approximate surface area is 113 Å². The number of benzene rings is 1. The third-order valence-corrected chi connectivity index (χ3v) is 3.60. The van der Waals surface area contributed by atoms with Crippen LogP contribution in [0.5, 0.6) is 0 Å². The largest absolute Gasteiger partial charge is 0.350 e. The summed E-state index contributed by atoms with van der Waals surface area (Å²) >= 11 is 0. The molecule has 2 unspecified atom stereocenters. The van der Waals surface area contributed by atoms with Crippen molar-refractivity contribution in [1.82, 2.24) is 10.6 Å². The summed E-state index contributed by atoms with van der Waals surface area (Å²) < 4.78 is 13.1. The highest BCUT2D eigenvalue weighted by atomic mass is 19.1. The first-order valence-corrected chi connectivity index (χ1v) is 6.90. The SMILES string of the molecule is CC(NC(=O)CC1CCCNC1)c1cccc(F)c1. The summed E-state index contributed by atoms with van der Waals surface area (Å²) in [4.78, 5) is 11.9. The van der Waals surface area contributed by atoms with Crippen molar-refractivity contribution < 1.29 is 9.18 Å². The number of piperidine rings is 1. The van der Waals surface area contributed by atoms with Crippen molar-refractivity contribution in [3.8, 4) is 0 Å². The number of carbonyl (C=O) groups is 1. The summed E-state index contributed by atoms with van der Waals surface area (Å²) in [7, 11) is 0. The fourth-order valence-corrected chi connectivity index (χ4v) is 2.52. The number of hydrogen-bond acceptors (Lipinski definition) is 2. The van der Waals surface area contributed by atoms with Crippen LogP contribution in [-0.4, -0.2) is 19.0 Å². The summed E-state index contributed by atoms with van der Waals surface area (Å²) in [5.41, 5.74) is 0.801. The third kappa shape index (κ3) is 4.31. The van der Waals surface area contributed by atoms with Crippen LogP contribution in [0.25, 0.3) is 0 Å². The molecule has 4 heteroatoms. The van der Waals surface area contributed by atoms with Gasteiger partial charge in [0.2, 0.25) is 5.91 Å². The van der Waals surface area contributed by atoms with Gasteiger partial charge in [0.25, 0.3) is 0 Å². The van der Waals surface area contributed by atoms with Gasteiger partial charge in [-0.25, -0.2) is 4.39 Å². The second-order valence-electron chi connectivity index (χ2n) is 5.26. The van der Waals surface area contributed by atoms with Crippen LogP contribution in [0.2, 0.25) is 0 Å². The summed E-state index contributed by atoms with van der Waals surface area (Å²) in [5, 5.41) is 6.24. The van der Waals surface area contributed by atoms with Crippen molar-refractivity contribution >= 4 is 5.91 Å². The average molecular weight is 264 g/mol. The molecule has 0 spiro atoms. The molecule has 1 aromatic rings. The minimum absolute atomic E-state index is 0.0467. The van der Waals surface area contributed by atoms with Gasteiger partial charge >= 0.3 is 0 Å². The van der Waals surface area contributed by atoms with Gasteiger partial charge in [-0.2, -0.15) is 0 Å². The van der Waals surface area contributed by atoms with Gasteiger partial charge in [-0.1, -0.05) is 12.1 Å². The van der Waals surface area contributed by atoms with Crippen molar-refractivity contribution in [1.29, 1.82) is 0 Å². The second kappa shape index (κ2) is 6.66.